The van der Waals surface area contributed by atoms with Crippen LogP contribution in [0, 0.1) is 0 Å². The summed E-state index contributed by atoms with van der Waals surface area (Å²) < 4.78 is 2.61. The zero-order chi connectivity index (χ0) is 32.6. The normalized spacial score (nSPS) is 11.3. The lowest BCUT2D eigenvalue weighted by molar-refractivity contribution is 1.18. The molecule has 0 aliphatic carbocycles. The first-order valence-electron chi connectivity index (χ1n) is 16.3. The second-order valence-electron chi connectivity index (χ2n) is 12.1. The summed E-state index contributed by atoms with van der Waals surface area (Å²) in [5.74, 6) is 0.693. The molecule has 0 unspecified atom stereocenters. The number of fused-ring (bicyclic) bond motifs is 3. The Labute approximate surface area is 288 Å². The minimum atomic E-state index is 0.693. The topological polar surface area (TPSA) is 38.7 Å². The van der Waals surface area contributed by atoms with Crippen molar-refractivity contribution in [1.29, 1.82) is 0 Å². The van der Waals surface area contributed by atoms with Gasteiger partial charge in [-0.2, -0.15) is 0 Å². The molecule has 0 fully saturated rings. The molecular weight excluding hydrogens is 615 g/mol. The number of pyridine rings is 1. The summed E-state index contributed by atoms with van der Waals surface area (Å²) in [6.45, 7) is 0. The molecule has 6 aromatic carbocycles. The van der Waals surface area contributed by atoms with Crippen LogP contribution in [0.25, 0.3) is 87.5 Å². The van der Waals surface area contributed by atoms with Gasteiger partial charge in [-0.05, 0) is 63.7 Å². The minimum absolute atomic E-state index is 0.693. The number of hydrogen-bond acceptors (Lipinski definition) is 4. The van der Waals surface area contributed by atoms with Gasteiger partial charge < -0.3 is 0 Å². The average molecular weight is 644 g/mol. The van der Waals surface area contributed by atoms with Crippen molar-refractivity contribution < 1.29 is 0 Å². The number of benzene rings is 6. The molecule has 0 aliphatic rings. The number of nitrogens with zero attached hydrogens (tertiary/aromatic N) is 3. The molecule has 0 saturated heterocycles. The molecule has 49 heavy (non-hydrogen) atoms. The summed E-state index contributed by atoms with van der Waals surface area (Å²) in [6, 6.07) is 57.8. The molecule has 0 aliphatic heterocycles. The van der Waals surface area contributed by atoms with Gasteiger partial charge in [0.2, 0.25) is 0 Å². The maximum absolute atomic E-state index is 5.18. The molecule has 4 heteroatoms. The van der Waals surface area contributed by atoms with E-state index in [0.29, 0.717) is 5.82 Å². The summed E-state index contributed by atoms with van der Waals surface area (Å²) in [5, 5.41) is 2.60. The average Bonchev–Trinajstić information content (AvgIpc) is 3.58. The monoisotopic (exact) mass is 643 g/mol. The van der Waals surface area contributed by atoms with Gasteiger partial charge in [-0.25, -0.2) is 9.97 Å². The number of aromatic nitrogens is 3. The third-order valence-electron chi connectivity index (χ3n) is 9.04. The highest BCUT2D eigenvalue weighted by Crippen LogP contribution is 2.40. The minimum Gasteiger partial charge on any atom is -0.265 e. The van der Waals surface area contributed by atoms with E-state index in [2.05, 4.69) is 151 Å². The van der Waals surface area contributed by atoms with Crippen molar-refractivity contribution >= 4 is 31.5 Å². The molecule has 9 rings (SSSR count). The van der Waals surface area contributed by atoms with Crippen LogP contribution in [0.1, 0.15) is 0 Å². The molecule has 3 nitrogen and oxygen atoms in total. The van der Waals surface area contributed by atoms with Crippen molar-refractivity contribution in [3.05, 3.63) is 176 Å². The zero-order valence-corrected chi connectivity index (χ0v) is 27.3. The van der Waals surface area contributed by atoms with Gasteiger partial charge in [-0.15, -0.1) is 11.3 Å². The van der Waals surface area contributed by atoms with Crippen molar-refractivity contribution in [3.8, 4) is 67.3 Å². The van der Waals surface area contributed by atoms with E-state index in [-0.39, 0.29) is 0 Å². The third kappa shape index (κ3) is 5.58. The van der Waals surface area contributed by atoms with Crippen LogP contribution in [0.2, 0.25) is 0 Å². The molecule has 230 valence electrons. The molecule has 0 amide bonds. The van der Waals surface area contributed by atoms with Crippen LogP contribution in [0.15, 0.2) is 176 Å². The van der Waals surface area contributed by atoms with Gasteiger partial charge in [0, 0.05) is 49.3 Å². The van der Waals surface area contributed by atoms with Crippen molar-refractivity contribution in [2.24, 2.45) is 0 Å². The second-order valence-corrected chi connectivity index (χ2v) is 13.1. The molecule has 0 saturated carbocycles. The molecule has 0 bridgehead atoms. The van der Waals surface area contributed by atoms with E-state index in [4.69, 9.17) is 9.97 Å². The van der Waals surface area contributed by atoms with Gasteiger partial charge in [0.1, 0.15) is 0 Å². The van der Waals surface area contributed by atoms with E-state index in [0.717, 1.165) is 39.2 Å². The smallest absolute Gasteiger partial charge is 0.160 e. The van der Waals surface area contributed by atoms with Crippen LogP contribution in [-0.2, 0) is 0 Å². The largest absolute Gasteiger partial charge is 0.265 e. The highest BCUT2D eigenvalue weighted by Gasteiger charge is 2.14. The van der Waals surface area contributed by atoms with E-state index >= 15 is 0 Å². The lowest BCUT2D eigenvalue weighted by atomic mass is 9.98. The van der Waals surface area contributed by atoms with Crippen molar-refractivity contribution in [2.45, 2.75) is 0 Å². The molecule has 3 heterocycles. The molecule has 0 N–H and O–H groups in total. The van der Waals surface area contributed by atoms with E-state index < -0.39 is 0 Å². The quantitative estimate of drug-likeness (QED) is 0.181. The van der Waals surface area contributed by atoms with Crippen molar-refractivity contribution in [3.63, 3.8) is 0 Å². The van der Waals surface area contributed by atoms with Crippen LogP contribution >= 0.6 is 11.3 Å². The van der Waals surface area contributed by atoms with E-state index in [9.17, 15) is 0 Å². The van der Waals surface area contributed by atoms with Gasteiger partial charge in [0.05, 0.1) is 11.4 Å². The van der Waals surface area contributed by atoms with E-state index in [1.54, 1.807) is 0 Å². The van der Waals surface area contributed by atoms with E-state index in [1.165, 1.54) is 42.4 Å². The fourth-order valence-electron chi connectivity index (χ4n) is 6.51. The van der Waals surface area contributed by atoms with Crippen LogP contribution in [-0.4, -0.2) is 15.0 Å². The first-order valence-corrected chi connectivity index (χ1v) is 17.2. The Kier molecular flexibility index (Phi) is 7.34. The van der Waals surface area contributed by atoms with E-state index in [1.807, 2.05) is 41.9 Å². The van der Waals surface area contributed by atoms with Gasteiger partial charge in [-0.3, -0.25) is 4.98 Å². The summed E-state index contributed by atoms with van der Waals surface area (Å²) in [7, 11) is 0. The predicted molar refractivity (Wildman–Crippen MR) is 205 cm³/mol. The van der Waals surface area contributed by atoms with Crippen molar-refractivity contribution in [1.82, 2.24) is 15.0 Å². The maximum atomic E-state index is 5.18. The number of hydrogen-bond donors (Lipinski definition) is 0. The Bertz CT molecular complexity index is 2470. The van der Waals surface area contributed by atoms with Crippen molar-refractivity contribution in [2.75, 3.05) is 0 Å². The summed E-state index contributed by atoms with van der Waals surface area (Å²) in [4.78, 5) is 14.5. The van der Waals surface area contributed by atoms with Crippen LogP contribution in [0.3, 0.4) is 0 Å². The second kappa shape index (κ2) is 12.4. The molecule has 0 atom stereocenters. The molecule has 0 radical (unpaired) electrons. The Hall–Kier alpha value is -6.23. The van der Waals surface area contributed by atoms with Gasteiger partial charge >= 0.3 is 0 Å². The summed E-state index contributed by atoms with van der Waals surface area (Å²) in [6.07, 6.45) is 3.64. The Balaban J connectivity index is 1.16. The standard InChI is InChI=1S/C45H29N3S/c1-2-8-30(9-3-1)31-16-20-34(21-17-31)41-29-42(48-45(47-41)35-22-18-32(19-23-35)33-24-26-46-27-25-33)37-11-6-10-36(28-37)38-13-7-14-40-39-12-4-5-15-43(39)49-44(38)40/h1-29H. The Morgan fingerprint density at radius 3 is 1.69 bits per heavy atom. The lowest BCUT2D eigenvalue weighted by Gasteiger charge is -2.12. The number of rotatable bonds is 6. The Morgan fingerprint density at radius 2 is 0.918 bits per heavy atom. The zero-order valence-electron chi connectivity index (χ0n) is 26.5. The molecular formula is C45H29N3S. The summed E-state index contributed by atoms with van der Waals surface area (Å²) in [5.41, 5.74) is 11.9. The van der Waals surface area contributed by atoms with Gasteiger partial charge in [-0.1, -0.05) is 133 Å². The highest BCUT2D eigenvalue weighted by molar-refractivity contribution is 7.26. The molecule has 3 aromatic heterocycles. The fraction of sp³-hybridized carbons (Fsp3) is 0. The Morgan fingerprint density at radius 1 is 0.367 bits per heavy atom. The van der Waals surface area contributed by atoms with Crippen LogP contribution in [0.5, 0.6) is 0 Å². The highest BCUT2D eigenvalue weighted by atomic mass is 32.1. The fourth-order valence-corrected chi connectivity index (χ4v) is 7.75. The lowest BCUT2D eigenvalue weighted by Crippen LogP contribution is -1.96. The van der Waals surface area contributed by atoms with Gasteiger partial charge in [0.25, 0.3) is 0 Å². The predicted octanol–water partition coefficient (Wildman–Crippen LogP) is 12.2. The maximum Gasteiger partial charge on any atom is 0.160 e. The molecule has 9 aromatic rings. The summed E-state index contributed by atoms with van der Waals surface area (Å²) >= 11 is 1.85. The third-order valence-corrected chi connectivity index (χ3v) is 10.3. The SMILES string of the molecule is c1ccc(-c2ccc(-c3cc(-c4cccc(-c5cccc6c5sc5ccccc56)c4)nc(-c4ccc(-c5ccncc5)cc4)n3)cc2)cc1. The van der Waals surface area contributed by atoms with Crippen LogP contribution < -0.4 is 0 Å². The first-order chi connectivity index (χ1) is 24.3. The van der Waals surface area contributed by atoms with Crippen LogP contribution in [0.4, 0.5) is 0 Å². The van der Waals surface area contributed by atoms with Gasteiger partial charge in [0.15, 0.2) is 5.82 Å². The first kappa shape index (κ1) is 29.0. The number of thiophene rings is 1. The molecule has 0 spiro atoms.